The highest BCUT2D eigenvalue weighted by atomic mass is 35.5. The second kappa shape index (κ2) is 7.60. The summed E-state index contributed by atoms with van der Waals surface area (Å²) in [6, 6.07) is 4.84. The maximum Gasteiger partial charge on any atom is 0.0931 e. The van der Waals surface area contributed by atoms with Gasteiger partial charge in [0.2, 0.25) is 0 Å². The second-order valence-electron chi connectivity index (χ2n) is 5.42. The molecule has 1 aliphatic rings. The molecule has 1 fully saturated rings. The lowest BCUT2D eigenvalue weighted by Crippen LogP contribution is -2.43. The fourth-order valence-electron chi connectivity index (χ4n) is 2.55. The SMILES string of the molecule is CN(C)C1CCN(CCNCc2ccc(Cl)s2)CC1. The van der Waals surface area contributed by atoms with E-state index in [1.807, 2.05) is 6.07 Å². The Kier molecular flexibility index (Phi) is 6.10. The fraction of sp³-hybridized carbons (Fsp3) is 0.714. The van der Waals surface area contributed by atoms with Gasteiger partial charge in [-0.2, -0.15) is 0 Å². The van der Waals surface area contributed by atoms with Gasteiger partial charge in [-0.3, -0.25) is 0 Å². The number of piperidine rings is 1. The molecule has 2 heterocycles. The van der Waals surface area contributed by atoms with Crippen LogP contribution in [0.3, 0.4) is 0 Å². The summed E-state index contributed by atoms with van der Waals surface area (Å²) in [5.41, 5.74) is 0. The largest absolute Gasteiger partial charge is 0.311 e. The van der Waals surface area contributed by atoms with Gasteiger partial charge in [0.1, 0.15) is 0 Å². The molecule has 0 aromatic carbocycles. The molecule has 0 saturated carbocycles. The second-order valence-corrected chi connectivity index (χ2v) is 7.22. The third-order valence-electron chi connectivity index (χ3n) is 3.82. The number of likely N-dealkylation sites (tertiary alicyclic amines) is 1. The molecule has 0 radical (unpaired) electrons. The lowest BCUT2D eigenvalue weighted by Gasteiger charge is -2.35. The highest BCUT2D eigenvalue weighted by Gasteiger charge is 2.19. The molecule has 1 aromatic rings. The average Bonchev–Trinajstić information content (AvgIpc) is 2.81. The van der Waals surface area contributed by atoms with E-state index in [2.05, 4.69) is 35.3 Å². The number of thiophene rings is 1. The van der Waals surface area contributed by atoms with Crippen LogP contribution in [-0.4, -0.2) is 56.1 Å². The van der Waals surface area contributed by atoms with Crippen LogP contribution >= 0.6 is 22.9 Å². The van der Waals surface area contributed by atoms with E-state index in [9.17, 15) is 0 Å². The van der Waals surface area contributed by atoms with E-state index in [1.165, 1.54) is 30.8 Å². The molecule has 1 saturated heterocycles. The molecule has 0 aliphatic carbocycles. The van der Waals surface area contributed by atoms with Crippen molar-refractivity contribution in [2.75, 3.05) is 40.3 Å². The van der Waals surface area contributed by atoms with Crippen LogP contribution < -0.4 is 5.32 Å². The number of hydrogen-bond donors (Lipinski definition) is 1. The zero-order valence-corrected chi connectivity index (χ0v) is 13.4. The van der Waals surface area contributed by atoms with E-state index in [0.717, 1.165) is 30.0 Å². The van der Waals surface area contributed by atoms with E-state index in [0.29, 0.717) is 0 Å². The highest BCUT2D eigenvalue weighted by Crippen LogP contribution is 2.20. The number of nitrogens with one attached hydrogen (secondary N) is 1. The normalized spacial score (nSPS) is 18.3. The highest BCUT2D eigenvalue weighted by molar-refractivity contribution is 7.16. The predicted molar refractivity (Wildman–Crippen MR) is 84.2 cm³/mol. The monoisotopic (exact) mass is 301 g/mol. The Morgan fingerprint density at radius 1 is 1.37 bits per heavy atom. The van der Waals surface area contributed by atoms with Crippen molar-refractivity contribution in [2.45, 2.75) is 25.4 Å². The molecule has 1 N–H and O–H groups in total. The molecular weight excluding hydrogens is 278 g/mol. The van der Waals surface area contributed by atoms with E-state index >= 15 is 0 Å². The Labute approximate surface area is 125 Å². The van der Waals surface area contributed by atoms with E-state index in [4.69, 9.17) is 11.6 Å². The predicted octanol–water partition coefficient (Wildman–Crippen LogP) is 2.52. The Morgan fingerprint density at radius 3 is 2.68 bits per heavy atom. The smallest absolute Gasteiger partial charge is 0.0931 e. The molecule has 108 valence electrons. The Balaban J connectivity index is 1.57. The van der Waals surface area contributed by atoms with Crippen LogP contribution in [0.2, 0.25) is 4.34 Å². The lowest BCUT2D eigenvalue weighted by atomic mass is 10.0. The maximum atomic E-state index is 5.91. The minimum atomic E-state index is 0.775. The van der Waals surface area contributed by atoms with E-state index in [-0.39, 0.29) is 0 Å². The zero-order chi connectivity index (χ0) is 13.7. The van der Waals surface area contributed by atoms with Crippen LogP contribution in [0.4, 0.5) is 0 Å². The van der Waals surface area contributed by atoms with Crippen LogP contribution in [0.5, 0.6) is 0 Å². The van der Waals surface area contributed by atoms with Gasteiger partial charge in [0, 0.05) is 30.6 Å². The summed E-state index contributed by atoms with van der Waals surface area (Å²) < 4.78 is 0.877. The number of halogens is 1. The first-order valence-electron chi connectivity index (χ1n) is 6.99. The maximum absolute atomic E-state index is 5.91. The summed E-state index contributed by atoms with van der Waals surface area (Å²) in [6.07, 6.45) is 2.60. The molecule has 0 amide bonds. The molecule has 0 unspecified atom stereocenters. The molecule has 5 heteroatoms. The minimum absolute atomic E-state index is 0.775. The van der Waals surface area contributed by atoms with Crippen molar-refractivity contribution in [3.63, 3.8) is 0 Å². The van der Waals surface area contributed by atoms with Crippen molar-refractivity contribution in [3.8, 4) is 0 Å². The topological polar surface area (TPSA) is 18.5 Å². The van der Waals surface area contributed by atoms with Gasteiger partial charge in [-0.25, -0.2) is 0 Å². The molecule has 0 spiro atoms. The summed E-state index contributed by atoms with van der Waals surface area (Å²) in [5, 5.41) is 3.50. The molecule has 1 aromatic heterocycles. The molecule has 3 nitrogen and oxygen atoms in total. The van der Waals surface area contributed by atoms with Crippen molar-refractivity contribution >= 4 is 22.9 Å². The molecule has 2 rings (SSSR count). The standard InChI is InChI=1S/C14H24ClN3S/c1-17(2)12-5-8-18(9-6-12)10-7-16-11-13-3-4-14(15)19-13/h3-4,12,16H,5-11H2,1-2H3. The lowest BCUT2D eigenvalue weighted by molar-refractivity contribution is 0.145. The zero-order valence-electron chi connectivity index (χ0n) is 11.9. The third-order valence-corrected chi connectivity index (χ3v) is 5.05. The van der Waals surface area contributed by atoms with Crippen molar-refractivity contribution in [1.82, 2.24) is 15.1 Å². The fourth-order valence-corrected chi connectivity index (χ4v) is 3.61. The molecule has 19 heavy (non-hydrogen) atoms. The van der Waals surface area contributed by atoms with Crippen LogP contribution in [0.1, 0.15) is 17.7 Å². The summed E-state index contributed by atoms with van der Waals surface area (Å²) in [6.45, 7) is 5.61. The molecule has 1 aliphatic heterocycles. The Bertz CT molecular complexity index is 373. The quantitative estimate of drug-likeness (QED) is 0.815. The van der Waals surface area contributed by atoms with Crippen molar-refractivity contribution in [2.24, 2.45) is 0 Å². The molecule has 0 bridgehead atoms. The minimum Gasteiger partial charge on any atom is -0.311 e. The van der Waals surface area contributed by atoms with Gasteiger partial charge in [0.15, 0.2) is 0 Å². The van der Waals surface area contributed by atoms with Crippen LogP contribution in [0.25, 0.3) is 0 Å². The summed E-state index contributed by atoms with van der Waals surface area (Å²) in [7, 11) is 4.38. The van der Waals surface area contributed by atoms with Gasteiger partial charge in [-0.05, 0) is 52.2 Å². The van der Waals surface area contributed by atoms with Crippen LogP contribution in [-0.2, 0) is 6.54 Å². The van der Waals surface area contributed by atoms with Gasteiger partial charge in [0.25, 0.3) is 0 Å². The Morgan fingerprint density at radius 2 is 2.11 bits per heavy atom. The van der Waals surface area contributed by atoms with E-state index < -0.39 is 0 Å². The van der Waals surface area contributed by atoms with E-state index in [1.54, 1.807) is 11.3 Å². The first kappa shape index (κ1) is 15.3. The molecule has 0 atom stereocenters. The van der Waals surface area contributed by atoms with Crippen molar-refractivity contribution in [1.29, 1.82) is 0 Å². The first-order chi connectivity index (χ1) is 9.15. The Hall–Kier alpha value is -0.130. The van der Waals surface area contributed by atoms with Crippen molar-refractivity contribution < 1.29 is 0 Å². The first-order valence-corrected chi connectivity index (χ1v) is 8.18. The molecular formula is C14H24ClN3S. The third kappa shape index (κ3) is 5.04. The summed E-state index contributed by atoms with van der Waals surface area (Å²) >= 11 is 7.57. The van der Waals surface area contributed by atoms with Crippen LogP contribution in [0, 0.1) is 0 Å². The summed E-state index contributed by atoms with van der Waals surface area (Å²) in [5.74, 6) is 0. The summed E-state index contributed by atoms with van der Waals surface area (Å²) in [4.78, 5) is 6.24. The van der Waals surface area contributed by atoms with Gasteiger partial charge < -0.3 is 15.1 Å². The number of rotatable bonds is 6. The number of nitrogens with zero attached hydrogens (tertiary/aromatic N) is 2. The van der Waals surface area contributed by atoms with Gasteiger partial charge in [0.05, 0.1) is 4.34 Å². The van der Waals surface area contributed by atoms with Gasteiger partial charge in [-0.1, -0.05) is 11.6 Å². The van der Waals surface area contributed by atoms with Crippen molar-refractivity contribution in [3.05, 3.63) is 21.3 Å². The van der Waals surface area contributed by atoms with Gasteiger partial charge >= 0.3 is 0 Å². The number of hydrogen-bond acceptors (Lipinski definition) is 4. The van der Waals surface area contributed by atoms with Crippen LogP contribution in [0.15, 0.2) is 12.1 Å². The van der Waals surface area contributed by atoms with Gasteiger partial charge in [-0.15, -0.1) is 11.3 Å². The average molecular weight is 302 g/mol.